The van der Waals surface area contributed by atoms with Crippen LogP contribution >= 0.6 is 0 Å². The van der Waals surface area contributed by atoms with Gasteiger partial charge in [-0.2, -0.15) is 0 Å². The quantitative estimate of drug-likeness (QED) is 0.477. The van der Waals surface area contributed by atoms with E-state index in [1.54, 1.807) is 11.0 Å². The highest BCUT2D eigenvalue weighted by molar-refractivity contribution is 6.01. The number of rotatable bonds is 4. The second-order valence-electron chi connectivity index (χ2n) is 8.16. The highest BCUT2D eigenvalue weighted by Crippen LogP contribution is 2.27. The number of amides is 1. The fraction of sp³-hybridized carbons (Fsp3) is 0.240. The van der Waals surface area contributed by atoms with Crippen LogP contribution in [0.1, 0.15) is 33.5 Å². The van der Waals surface area contributed by atoms with E-state index in [-0.39, 0.29) is 17.8 Å². The normalized spacial score (nSPS) is 16.2. The van der Waals surface area contributed by atoms with E-state index in [0.717, 1.165) is 22.5 Å². The van der Waals surface area contributed by atoms with Crippen LogP contribution in [0.15, 0.2) is 54.6 Å². The van der Waals surface area contributed by atoms with Gasteiger partial charge in [0.1, 0.15) is 29.3 Å². The molecule has 0 bridgehead atoms. The first-order valence-corrected chi connectivity index (χ1v) is 10.8. The summed E-state index contributed by atoms with van der Waals surface area (Å²) in [6.45, 7) is 5.02. The summed E-state index contributed by atoms with van der Waals surface area (Å²) in [6, 6.07) is 15.9. The zero-order chi connectivity index (χ0) is 22.9. The molecule has 1 fully saturated rings. The van der Waals surface area contributed by atoms with Crippen LogP contribution in [0.5, 0.6) is 0 Å². The van der Waals surface area contributed by atoms with E-state index >= 15 is 0 Å². The molecular weight excluding hydrogens is 421 g/mol. The third-order valence-electron chi connectivity index (χ3n) is 5.83. The van der Waals surface area contributed by atoms with Gasteiger partial charge in [0.15, 0.2) is 0 Å². The van der Waals surface area contributed by atoms with Gasteiger partial charge in [-0.3, -0.25) is 4.79 Å². The number of hydrogen-bond donors (Lipinski definition) is 2. The predicted molar refractivity (Wildman–Crippen MR) is 124 cm³/mol. The Balaban J connectivity index is 1.35. The molecule has 0 spiro atoms. The summed E-state index contributed by atoms with van der Waals surface area (Å²) in [5, 5.41) is 3.93. The van der Waals surface area contributed by atoms with Crippen LogP contribution in [0.25, 0.3) is 10.9 Å². The SMILES string of the molecule is Cc1cccc(Nc2cccc(C3CN(C(=O)c4[nH]c5ccc(F)cc5c4C)CCO3)n2)n1. The van der Waals surface area contributed by atoms with Crippen LogP contribution in [0, 0.1) is 19.7 Å². The summed E-state index contributed by atoms with van der Waals surface area (Å²) in [5.74, 6) is 0.920. The number of benzene rings is 1. The summed E-state index contributed by atoms with van der Waals surface area (Å²) < 4.78 is 19.6. The molecule has 4 heterocycles. The van der Waals surface area contributed by atoms with Crippen LogP contribution in [0.2, 0.25) is 0 Å². The number of anilines is 2. The Bertz CT molecular complexity index is 1340. The zero-order valence-electron chi connectivity index (χ0n) is 18.4. The van der Waals surface area contributed by atoms with Crippen molar-refractivity contribution >= 4 is 28.4 Å². The number of halogens is 1. The molecule has 33 heavy (non-hydrogen) atoms. The van der Waals surface area contributed by atoms with E-state index in [2.05, 4.69) is 20.3 Å². The number of pyridine rings is 2. The van der Waals surface area contributed by atoms with Crippen LogP contribution in [-0.2, 0) is 4.74 Å². The van der Waals surface area contributed by atoms with Crippen molar-refractivity contribution in [3.63, 3.8) is 0 Å². The number of fused-ring (bicyclic) bond motifs is 1. The average Bonchev–Trinajstić information content (AvgIpc) is 3.14. The summed E-state index contributed by atoms with van der Waals surface area (Å²) in [7, 11) is 0. The third-order valence-corrected chi connectivity index (χ3v) is 5.83. The molecule has 0 saturated carbocycles. The van der Waals surface area contributed by atoms with Crippen molar-refractivity contribution in [1.29, 1.82) is 0 Å². The Morgan fingerprint density at radius 2 is 1.91 bits per heavy atom. The minimum atomic E-state index is -0.350. The Morgan fingerprint density at radius 3 is 2.73 bits per heavy atom. The Labute approximate surface area is 190 Å². The minimum Gasteiger partial charge on any atom is -0.368 e. The second kappa shape index (κ2) is 8.63. The summed E-state index contributed by atoms with van der Waals surface area (Å²) >= 11 is 0. The van der Waals surface area contributed by atoms with Gasteiger partial charge >= 0.3 is 0 Å². The van der Waals surface area contributed by atoms with Gasteiger partial charge in [-0.25, -0.2) is 14.4 Å². The molecular formula is C25H24FN5O2. The number of nitrogens with zero attached hydrogens (tertiary/aromatic N) is 3. The number of hydrogen-bond acceptors (Lipinski definition) is 5. The van der Waals surface area contributed by atoms with Crippen LogP contribution in [0.4, 0.5) is 16.0 Å². The van der Waals surface area contributed by atoms with E-state index in [0.29, 0.717) is 42.4 Å². The first kappa shape index (κ1) is 21.1. The molecule has 1 amide bonds. The highest BCUT2D eigenvalue weighted by atomic mass is 19.1. The Morgan fingerprint density at radius 1 is 1.12 bits per heavy atom. The standard InChI is InChI=1S/C25H24FN5O2/c1-15-5-3-7-22(27-15)30-23-8-4-6-20(28-23)21-14-31(11-12-33-21)25(32)24-16(2)18-13-17(26)9-10-19(18)29-24/h3-10,13,21,29H,11-12,14H2,1-2H3,(H,27,28,30). The molecule has 1 saturated heterocycles. The lowest BCUT2D eigenvalue weighted by Crippen LogP contribution is -2.42. The maximum atomic E-state index is 13.7. The molecule has 0 radical (unpaired) electrons. The van der Waals surface area contributed by atoms with Gasteiger partial charge in [0.05, 0.1) is 18.8 Å². The fourth-order valence-electron chi connectivity index (χ4n) is 4.13. The van der Waals surface area contributed by atoms with Gasteiger partial charge < -0.3 is 19.9 Å². The number of carbonyl (C=O) groups is 1. The van der Waals surface area contributed by atoms with Crippen molar-refractivity contribution in [2.45, 2.75) is 20.0 Å². The first-order chi connectivity index (χ1) is 16.0. The van der Waals surface area contributed by atoms with Gasteiger partial charge in [-0.15, -0.1) is 0 Å². The number of carbonyl (C=O) groups excluding carboxylic acids is 1. The lowest BCUT2D eigenvalue weighted by molar-refractivity contribution is -0.0248. The molecule has 1 aliphatic rings. The summed E-state index contributed by atoms with van der Waals surface area (Å²) in [4.78, 5) is 27.3. The molecule has 1 aromatic carbocycles. The maximum Gasteiger partial charge on any atom is 0.270 e. The van der Waals surface area contributed by atoms with Gasteiger partial charge in [0.2, 0.25) is 0 Å². The number of aromatic amines is 1. The van der Waals surface area contributed by atoms with Gasteiger partial charge in [-0.05, 0) is 61.9 Å². The number of aryl methyl sites for hydroxylation is 2. The molecule has 2 N–H and O–H groups in total. The smallest absolute Gasteiger partial charge is 0.270 e. The van der Waals surface area contributed by atoms with E-state index in [1.165, 1.54) is 12.1 Å². The van der Waals surface area contributed by atoms with Gasteiger partial charge in [0, 0.05) is 23.1 Å². The number of aromatic nitrogens is 3. The van der Waals surface area contributed by atoms with Crippen LogP contribution in [0.3, 0.4) is 0 Å². The molecule has 8 heteroatoms. The van der Waals surface area contributed by atoms with E-state index in [1.807, 2.05) is 50.2 Å². The molecule has 5 rings (SSSR count). The summed E-state index contributed by atoms with van der Waals surface area (Å²) in [5.41, 5.74) is 3.61. The third kappa shape index (κ3) is 4.29. The van der Waals surface area contributed by atoms with E-state index in [4.69, 9.17) is 4.74 Å². The van der Waals surface area contributed by atoms with E-state index < -0.39 is 0 Å². The lowest BCUT2D eigenvalue weighted by atomic mass is 10.1. The van der Waals surface area contributed by atoms with Crippen molar-refractivity contribution < 1.29 is 13.9 Å². The van der Waals surface area contributed by atoms with Gasteiger partial charge in [0.25, 0.3) is 5.91 Å². The predicted octanol–water partition coefficient (Wildman–Crippen LogP) is 4.67. The van der Waals surface area contributed by atoms with E-state index in [9.17, 15) is 9.18 Å². The Kier molecular flexibility index (Phi) is 5.51. The summed E-state index contributed by atoms with van der Waals surface area (Å²) in [6.07, 6.45) is -0.350. The molecule has 3 aromatic heterocycles. The number of morpholine rings is 1. The van der Waals surface area contributed by atoms with Crippen LogP contribution in [-0.4, -0.2) is 45.5 Å². The number of nitrogens with one attached hydrogen (secondary N) is 2. The van der Waals surface area contributed by atoms with Crippen molar-refractivity contribution in [3.05, 3.63) is 83.1 Å². The van der Waals surface area contributed by atoms with Crippen molar-refractivity contribution in [1.82, 2.24) is 19.9 Å². The molecule has 1 atom stereocenters. The number of ether oxygens (including phenoxy) is 1. The van der Waals surface area contributed by atoms with Gasteiger partial charge in [-0.1, -0.05) is 12.1 Å². The zero-order valence-corrected chi connectivity index (χ0v) is 18.4. The minimum absolute atomic E-state index is 0.129. The van der Waals surface area contributed by atoms with Crippen molar-refractivity contribution in [3.8, 4) is 0 Å². The number of H-pyrrole nitrogens is 1. The fourth-order valence-corrected chi connectivity index (χ4v) is 4.13. The lowest BCUT2D eigenvalue weighted by Gasteiger charge is -2.32. The van der Waals surface area contributed by atoms with Crippen LogP contribution < -0.4 is 5.32 Å². The van der Waals surface area contributed by atoms with Crippen molar-refractivity contribution in [2.24, 2.45) is 0 Å². The monoisotopic (exact) mass is 445 g/mol. The van der Waals surface area contributed by atoms with Crippen molar-refractivity contribution in [2.75, 3.05) is 25.0 Å². The average molecular weight is 445 g/mol. The molecule has 4 aromatic rings. The molecule has 7 nitrogen and oxygen atoms in total. The largest absolute Gasteiger partial charge is 0.368 e. The second-order valence-corrected chi connectivity index (χ2v) is 8.16. The molecule has 0 aliphatic carbocycles. The molecule has 1 unspecified atom stereocenters. The molecule has 1 aliphatic heterocycles. The first-order valence-electron chi connectivity index (χ1n) is 10.8. The Hall–Kier alpha value is -3.78. The molecule has 168 valence electrons. The topological polar surface area (TPSA) is 83.1 Å². The maximum absolute atomic E-state index is 13.7. The highest BCUT2D eigenvalue weighted by Gasteiger charge is 2.29.